The number of halogens is 2. The highest BCUT2D eigenvalue weighted by molar-refractivity contribution is 5.86. The molecular formula is C25H27F2N7O. The van der Waals surface area contributed by atoms with Crippen LogP contribution in [0.15, 0.2) is 61.1 Å². The molecule has 2 atom stereocenters. The lowest BCUT2D eigenvalue weighted by Crippen LogP contribution is -2.53. The average Bonchev–Trinajstić information content (AvgIpc) is 3.29. The maximum absolute atomic E-state index is 13.7. The van der Waals surface area contributed by atoms with Gasteiger partial charge in [-0.05, 0) is 42.3 Å². The number of aromatic nitrogens is 4. The molecule has 10 heteroatoms. The van der Waals surface area contributed by atoms with Gasteiger partial charge in [-0.1, -0.05) is 24.3 Å². The molecule has 2 aromatic heterocycles. The second-order valence-electron chi connectivity index (χ2n) is 8.79. The van der Waals surface area contributed by atoms with Gasteiger partial charge in [0.15, 0.2) is 5.65 Å². The minimum Gasteiger partial charge on any atom is -0.392 e. The number of fused-ring (bicyclic) bond motifs is 1. The van der Waals surface area contributed by atoms with E-state index in [1.165, 1.54) is 30.6 Å². The Bertz CT molecular complexity index is 1230. The summed E-state index contributed by atoms with van der Waals surface area (Å²) >= 11 is 0. The first-order valence-electron chi connectivity index (χ1n) is 11.6. The van der Waals surface area contributed by atoms with Crippen molar-refractivity contribution in [3.8, 4) is 0 Å². The van der Waals surface area contributed by atoms with Crippen LogP contribution in [0.2, 0.25) is 0 Å². The van der Waals surface area contributed by atoms with Crippen molar-refractivity contribution in [1.29, 1.82) is 0 Å². The fourth-order valence-electron chi connectivity index (χ4n) is 4.61. The Hall–Kier alpha value is -3.63. The molecule has 3 heterocycles. The highest BCUT2D eigenvalue weighted by Crippen LogP contribution is 2.32. The zero-order chi connectivity index (χ0) is 24.4. The second kappa shape index (κ2) is 9.93. The summed E-state index contributed by atoms with van der Waals surface area (Å²) in [6, 6.07) is 12.9. The minimum atomic E-state index is -0.528. The summed E-state index contributed by atoms with van der Waals surface area (Å²) in [4.78, 5) is 12.7. The monoisotopic (exact) mass is 479 g/mol. The minimum absolute atomic E-state index is 0.0342. The van der Waals surface area contributed by atoms with E-state index in [-0.39, 0.29) is 23.6 Å². The quantitative estimate of drug-likeness (QED) is 0.375. The van der Waals surface area contributed by atoms with Crippen molar-refractivity contribution >= 4 is 16.9 Å². The molecule has 0 saturated carbocycles. The van der Waals surface area contributed by atoms with Gasteiger partial charge in [0.05, 0.1) is 24.2 Å². The second-order valence-corrected chi connectivity index (χ2v) is 8.79. The lowest BCUT2D eigenvalue weighted by Gasteiger charge is -2.39. The molecule has 1 aliphatic rings. The number of benzene rings is 2. The predicted octanol–water partition coefficient (Wildman–Crippen LogP) is 2.64. The first-order chi connectivity index (χ1) is 17.0. The molecule has 3 N–H and O–H groups in total. The molecule has 1 saturated heterocycles. The molecule has 1 aliphatic heterocycles. The van der Waals surface area contributed by atoms with Crippen LogP contribution in [0.25, 0.3) is 11.0 Å². The number of anilines is 1. The maximum Gasteiger partial charge on any atom is 0.185 e. The summed E-state index contributed by atoms with van der Waals surface area (Å²) < 4.78 is 27.3. The van der Waals surface area contributed by atoms with Crippen LogP contribution in [0, 0.1) is 11.6 Å². The Kier molecular flexibility index (Phi) is 6.56. The summed E-state index contributed by atoms with van der Waals surface area (Å²) in [6.45, 7) is 4.09. The molecule has 0 spiro atoms. The van der Waals surface area contributed by atoms with Gasteiger partial charge < -0.3 is 20.7 Å². The Morgan fingerprint density at radius 3 is 2.34 bits per heavy atom. The highest BCUT2D eigenvalue weighted by Gasteiger charge is 2.31. The molecule has 0 aliphatic carbocycles. The van der Waals surface area contributed by atoms with Gasteiger partial charge in [0.2, 0.25) is 0 Å². The van der Waals surface area contributed by atoms with Gasteiger partial charge in [0.1, 0.15) is 23.8 Å². The van der Waals surface area contributed by atoms with Crippen LogP contribution in [0.3, 0.4) is 0 Å². The van der Waals surface area contributed by atoms with Crippen LogP contribution in [-0.2, 0) is 0 Å². The van der Waals surface area contributed by atoms with Crippen molar-refractivity contribution in [3.63, 3.8) is 0 Å². The predicted molar refractivity (Wildman–Crippen MR) is 130 cm³/mol. The number of aliphatic hydroxyl groups is 1. The number of hydrogen-bond donors (Lipinski definition) is 3. The van der Waals surface area contributed by atoms with Gasteiger partial charge in [0.25, 0.3) is 0 Å². The van der Waals surface area contributed by atoms with Crippen LogP contribution in [-0.4, -0.2) is 63.3 Å². The van der Waals surface area contributed by atoms with Gasteiger partial charge in [-0.2, -0.15) is 9.89 Å². The molecule has 0 radical (unpaired) electrons. The number of aliphatic hydroxyl groups excluding tert-OH is 1. The van der Waals surface area contributed by atoms with E-state index in [1.54, 1.807) is 42.2 Å². The van der Waals surface area contributed by atoms with Crippen molar-refractivity contribution < 1.29 is 13.9 Å². The molecule has 0 amide bonds. The third-order valence-electron chi connectivity index (χ3n) is 6.25. The van der Waals surface area contributed by atoms with Gasteiger partial charge in [-0.25, -0.2) is 18.7 Å². The van der Waals surface area contributed by atoms with E-state index < -0.39 is 6.10 Å². The topological polar surface area (TPSA) is 91.1 Å². The summed E-state index contributed by atoms with van der Waals surface area (Å²) in [6.07, 6.45) is 2.70. The van der Waals surface area contributed by atoms with Gasteiger partial charge in [-0.3, -0.25) is 0 Å². The van der Waals surface area contributed by atoms with Crippen molar-refractivity contribution in [2.75, 3.05) is 36.5 Å². The standard InChI is InChI=1S/C25H27F2N7O/c1-16(35)12-31-34-25-21(13-32-34)24(29-15-30-25)33-11-10-28-22(14-33)23(17-2-6-19(26)7-3-17)18-4-8-20(27)9-5-18/h2-9,13,15-16,22-23,28,31,35H,10-12,14H2,1H3. The number of hydrogen-bond acceptors (Lipinski definition) is 7. The van der Waals surface area contributed by atoms with Crippen molar-refractivity contribution in [2.45, 2.75) is 25.0 Å². The van der Waals surface area contributed by atoms with Crippen molar-refractivity contribution in [3.05, 3.63) is 83.8 Å². The van der Waals surface area contributed by atoms with Gasteiger partial charge in [0, 0.05) is 31.6 Å². The molecule has 35 heavy (non-hydrogen) atoms. The van der Waals surface area contributed by atoms with Crippen LogP contribution in [0.1, 0.15) is 24.0 Å². The first kappa shape index (κ1) is 23.1. The van der Waals surface area contributed by atoms with E-state index >= 15 is 0 Å². The fourth-order valence-corrected chi connectivity index (χ4v) is 4.61. The third kappa shape index (κ3) is 4.94. The average molecular weight is 480 g/mol. The highest BCUT2D eigenvalue weighted by atomic mass is 19.1. The third-order valence-corrected chi connectivity index (χ3v) is 6.25. The normalized spacial score (nSPS) is 17.2. The molecule has 2 unspecified atom stereocenters. The molecule has 4 aromatic rings. The van der Waals surface area contributed by atoms with Crippen molar-refractivity contribution in [1.82, 2.24) is 25.2 Å². The molecule has 0 bridgehead atoms. The SMILES string of the molecule is CC(O)CNn1ncc2c(N3CCNC(C(c4ccc(F)cc4)c4ccc(F)cc4)C3)ncnc21. The zero-order valence-corrected chi connectivity index (χ0v) is 19.3. The van der Waals surface area contributed by atoms with Gasteiger partial charge >= 0.3 is 0 Å². The Morgan fingerprint density at radius 2 is 1.71 bits per heavy atom. The number of nitrogens with one attached hydrogen (secondary N) is 2. The van der Waals surface area contributed by atoms with Crippen molar-refractivity contribution in [2.24, 2.45) is 0 Å². The number of piperazine rings is 1. The number of nitrogens with zero attached hydrogens (tertiary/aromatic N) is 5. The van der Waals surface area contributed by atoms with E-state index in [9.17, 15) is 13.9 Å². The number of rotatable bonds is 7. The van der Waals surface area contributed by atoms with Crippen LogP contribution in [0.4, 0.5) is 14.6 Å². The Morgan fingerprint density at radius 1 is 1.06 bits per heavy atom. The van der Waals surface area contributed by atoms with E-state index in [2.05, 4.69) is 30.7 Å². The molecule has 5 rings (SSSR count). The molecular weight excluding hydrogens is 452 g/mol. The first-order valence-corrected chi connectivity index (χ1v) is 11.6. The maximum atomic E-state index is 13.7. The van der Waals surface area contributed by atoms with Crippen LogP contribution in [0.5, 0.6) is 0 Å². The molecule has 8 nitrogen and oxygen atoms in total. The van der Waals surface area contributed by atoms with E-state index in [0.29, 0.717) is 25.3 Å². The summed E-state index contributed by atoms with van der Waals surface area (Å²) in [5, 5.41) is 18.4. The zero-order valence-electron chi connectivity index (χ0n) is 19.3. The lowest BCUT2D eigenvalue weighted by atomic mass is 9.84. The largest absolute Gasteiger partial charge is 0.392 e. The van der Waals surface area contributed by atoms with Crippen LogP contribution < -0.4 is 15.6 Å². The molecule has 182 valence electrons. The van der Waals surface area contributed by atoms with Gasteiger partial charge in [-0.15, -0.1) is 0 Å². The Labute approximate surface area is 201 Å². The molecule has 1 fully saturated rings. The van der Waals surface area contributed by atoms with E-state index in [0.717, 1.165) is 28.9 Å². The van der Waals surface area contributed by atoms with E-state index in [4.69, 9.17) is 0 Å². The van der Waals surface area contributed by atoms with Crippen LogP contribution >= 0.6 is 0 Å². The summed E-state index contributed by atoms with van der Waals surface area (Å²) in [5.74, 6) is 0.0548. The lowest BCUT2D eigenvalue weighted by molar-refractivity contribution is 0.204. The summed E-state index contributed by atoms with van der Waals surface area (Å²) in [7, 11) is 0. The molecule has 2 aromatic carbocycles. The van der Waals surface area contributed by atoms with E-state index in [1.807, 2.05) is 0 Å². The Balaban J connectivity index is 1.46. The smallest absolute Gasteiger partial charge is 0.185 e. The summed E-state index contributed by atoms with van der Waals surface area (Å²) in [5.41, 5.74) is 5.56. The fraction of sp³-hybridized carbons (Fsp3) is 0.320.